The van der Waals surface area contributed by atoms with E-state index in [1.807, 2.05) is 6.92 Å². The number of rotatable bonds is 5. The Hall–Kier alpha value is -2.75. The van der Waals surface area contributed by atoms with Gasteiger partial charge in [-0.1, -0.05) is 23.8 Å². The van der Waals surface area contributed by atoms with E-state index >= 15 is 0 Å². The molecule has 1 heterocycles. The maximum Gasteiger partial charge on any atom is 0.262 e. The van der Waals surface area contributed by atoms with Gasteiger partial charge in [0.15, 0.2) is 0 Å². The smallest absolute Gasteiger partial charge is 0.262 e. The largest absolute Gasteiger partial charge is 0.280 e. The molecule has 0 spiro atoms. The van der Waals surface area contributed by atoms with Crippen LogP contribution in [0.25, 0.3) is 0 Å². The lowest BCUT2D eigenvalue weighted by Gasteiger charge is -2.28. The topological polar surface area (TPSA) is 83.6 Å². The van der Waals surface area contributed by atoms with Crippen LogP contribution < -0.4 is 4.72 Å². The van der Waals surface area contributed by atoms with Crippen molar-refractivity contribution in [1.29, 1.82) is 0 Å². The lowest BCUT2D eigenvalue weighted by Crippen LogP contribution is -2.36. The van der Waals surface area contributed by atoms with Gasteiger partial charge in [0.1, 0.15) is 5.82 Å². The minimum atomic E-state index is -3.92. The summed E-state index contributed by atoms with van der Waals surface area (Å²) in [6.45, 7) is 3.92. The number of fused-ring (bicyclic) bond motifs is 1. The second kappa shape index (κ2) is 8.31. The Morgan fingerprint density at radius 2 is 1.59 bits per heavy atom. The fraction of sp³-hybridized carbons (Fsp3) is 0.217. The standard InChI is InChI=1S/C23H23FN2O4S2/c1-16-3-8-22(9-4-16)32(29,30)26-12-11-18-5-7-21(14-19(18)15-26)25-31(27,28)23-10-6-20(24)13-17(23)2/h3-10,13-14,25H,11-12,15H2,1-2H3. The van der Waals surface area contributed by atoms with Crippen molar-refractivity contribution in [3.63, 3.8) is 0 Å². The van der Waals surface area contributed by atoms with Crippen LogP contribution in [0, 0.1) is 19.7 Å². The Labute approximate surface area is 187 Å². The molecule has 0 bridgehead atoms. The van der Waals surface area contributed by atoms with Crippen molar-refractivity contribution in [2.45, 2.75) is 36.6 Å². The number of benzene rings is 3. The third-order valence-corrected chi connectivity index (χ3v) is 8.92. The molecule has 32 heavy (non-hydrogen) atoms. The number of nitrogens with one attached hydrogen (secondary N) is 1. The Morgan fingerprint density at radius 1 is 0.875 bits per heavy atom. The minimum absolute atomic E-state index is 0.0137. The predicted molar refractivity (Wildman–Crippen MR) is 121 cm³/mol. The van der Waals surface area contributed by atoms with Crippen molar-refractivity contribution in [3.05, 3.63) is 88.7 Å². The van der Waals surface area contributed by atoms with E-state index < -0.39 is 25.9 Å². The van der Waals surface area contributed by atoms with Crippen molar-refractivity contribution in [2.24, 2.45) is 0 Å². The van der Waals surface area contributed by atoms with Crippen molar-refractivity contribution in [3.8, 4) is 0 Å². The van der Waals surface area contributed by atoms with Crippen LogP contribution in [0.1, 0.15) is 22.3 Å². The highest BCUT2D eigenvalue weighted by Gasteiger charge is 2.28. The van der Waals surface area contributed by atoms with E-state index in [9.17, 15) is 21.2 Å². The van der Waals surface area contributed by atoms with Crippen LogP contribution in [0.4, 0.5) is 10.1 Å². The number of anilines is 1. The minimum Gasteiger partial charge on any atom is -0.280 e. The number of aryl methyl sites for hydroxylation is 2. The third-order valence-electron chi connectivity index (χ3n) is 5.52. The molecule has 0 amide bonds. The Kier molecular flexibility index (Phi) is 5.83. The maximum absolute atomic E-state index is 13.4. The van der Waals surface area contributed by atoms with Gasteiger partial charge in [0, 0.05) is 18.8 Å². The summed E-state index contributed by atoms with van der Waals surface area (Å²) in [5.74, 6) is -0.509. The van der Waals surface area contributed by atoms with Crippen LogP contribution in [-0.4, -0.2) is 27.7 Å². The average molecular weight is 475 g/mol. The van der Waals surface area contributed by atoms with E-state index in [0.29, 0.717) is 24.2 Å². The maximum atomic E-state index is 13.4. The Balaban J connectivity index is 1.60. The molecule has 3 aromatic carbocycles. The third kappa shape index (κ3) is 4.41. The van der Waals surface area contributed by atoms with Gasteiger partial charge in [0.2, 0.25) is 10.0 Å². The van der Waals surface area contributed by atoms with E-state index in [0.717, 1.165) is 28.8 Å². The lowest BCUT2D eigenvalue weighted by molar-refractivity contribution is 0.391. The van der Waals surface area contributed by atoms with Crippen molar-refractivity contribution < 1.29 is 21.2 Å². The van der Waals surface area contributed by atoms with E-state index in [-0.39, 0.29) is 16.3 Å². The predicted octanol–water partition coefficient (Wildman–Crippen LogP) is 3.99. The van der Waals surface area contributed by atoms with E-state index in [1.165, 1.54) is 17.3 Å². The molecule has 1 aliphatic heterocycles. The Bertz CT molecular complexity index is 1390. The van der Waals surface area contributed by atoms with Gasteiger partial charge in [0.05, 0.1) is 9.79 Å². The summed E-state index contributed by atoms with van der Waals surface area (Å²) in [6.07, 6.45) is 0.532. The Morgan fingerprint density at radius 3 is 2.28 bits per heavy atom. The molecule has 6 nitrogen and oxygen atoms in total. The van der Waals surface area contributed by atoms with Crippen LogP contribution in [0.5, 0.6) is 0 Å². The first-order chi connectivity index (χ1) is 15.1. The summed E-state index contributed by atoms with van der Waals surface area (Å²) >= 11 is 0. The molecule has 168 valence electrons. The molecule has 0 atom stereocenters. The zero-order valence-corrected chi connectivity index (χ0v) is 19.3. The summed E-state index contributed by atoms with van der Waals surface area (Å²) < 4.78 is 69.0. The highest BCUT2D eigenvalue weighted by atomic mass is 32.2. The molecule has 9 heteroatoms. The zero-order valence-electron chi connectivity index (χ0n) is 17.7. The van der Waals surface area contributed by atoms with Gasteiger partial charge in [0.25, 0.3) is 10.0 Å². The molecule has 0 saturated carbocycles. The van der Waals surface area contributed by atoms with Crippen LogP contribution in [0.3, 0.4) is 0 Å². The van der Waals surface area contributed by atoms with Gasteiger partial charge in [-0.15, -0.1) is 0 Å². The molecule has 0 saturated heterocycles. The SMILES string of the molecule is Cc1ccc(S(=O)(=O)N2CCc3ccc(NS(=O)(=O)c4ccc(F)cc4C)cc3C2)cc1. The second-order valence-corrected chi connectivity index (χ2v) is 11.5. The molecule has 0 aromatic heterocycles. The monoisotopic (exact) mass is 474 g/mol. The fourth-order valence-electron chi connectivity index (χ4n) is 3.78. The van der Waals surface area contributed by atoms with Crippen LogP contribution in [0.15, 0.2) is 70.5 Å². The molecule has 0 fully saturated rings. The van der Waals surface area contributed by atoms with Crippen LogP contribution in [0.2, 0.25) is 0 Å². The molecule has 0 unspecified atom stereocenters. The molecular formula is C23H23FN2O4S2. The van der Waals surface area contributed by atoms with Crippen molar-refractivity contribution in [2.75, 3.05) is 11.3 Å². The number of hydrogen-bond acceptors (Lipinski definition) is 4. The molecule has 1 N–H and O–H groups in total. The lowest BCUT2D eigenvalue weighted by atomic mass is 10.0. The molecule has 1 aliphatic rings. The van der Waals surface area contributed by atoms with Crippen molar-refractivity contribution >= 4 is 25.7 Å². The summed E-state index contributed by atoms with van der Waals surface area (Å²) in [7, 11) is -7.59. The van der Waals surface area contributed by atoms with Crippen molar-refractivity contribution in [1.82, 2.24) is 4.31 Å². The molecule has 0 aliphatic carbocycles. The van der Waals surface area contributed by atoms with E-state index in [1.54, 1.807) is 42.5 Å². The van der Waals surface area contributed by atoms with Gasteiger partial charge < -0.3 is 0 Å². The zero-order chi connectivity index (χ0) is 23.1. The van der Waals surface area contributed by atoms with Gasteiger partial charge in [-0.2, -0.15) is 4.31 Å². The molecule has 3 aromatic rings. The summed E-state index contributed by atoms with van der Waals surface area (Å²) in [5.41, 5.74) is 3.30. The summed E-state index contributed by atoms with van der Waals surface area (Å²) in [6, 6.07) is 15.3. The first kappa shape index (κ1) is 22.4. The van der Waals surface area contributed by atoms with Crippen LogP contribution >= 0.6 is 0 Å². The average Bonchev–Trinajstić information content (AvgIpc) is 2.73. The molecule has 4 rings (SSSR count). The number of hydrogen-bond donors (Lipinski definition) is 1. The van der Waals surface area contributed by atoms with E-state index in [4.69, 9.17) is 0 Å². The van der Waals surface area contributed by atoms with E-state index in [2.05, 4.69) is 4.72 Å². The van der Waals surface area contributed by atoms with Crippen LogP contribution in [-0.2, 0) is 33.0 Å². The fourth-order valence-corrected chi connectivity index (χ4v) is 6.48. The van der Waals surface area contributed by atoms with Gasteiger partial charge in [-0.3, -0.25) is 4.72 Å². The second-order valence-electron chi connectivity index (χ2n) is 7.90. The quantitative estimate of drug-likeness (QED) is 0.606. The number of halogens is 1. The highest BCUT2D eigenvalue weighted by molar-refractivity contribution is 7.92. The molecular weight excluding hydrogens is 451 g/mol. The van der Waals surface area contributed by atoms with Gasteiger partial charge in [-0.05, 0) is 79.4 Å². The molecule has 0 radical (unpaired) electrons. The number of sulfonamides is 2. The normalized spacial score (nSPS) is 14.7. The highest BCUT2D eigenvalue weighted by Crippen LogP contribution is 2.28. The first-order valence-corrected chi connectivity index (χ1v) is 13.0. The van der Waals surface area contributed by atoms with Gasteiger partial charge in [-0.25, -0.2) is 21.2 Å². The number of nitrogens with zero attached hydrogens (tertiary/aromatic N) is 1. The summed E-state index contributed by atoms with van der Waals surface area (Å²) in [4.78, 5) is 0.218. The summed E-state index contributed by atoms with van der Waals surface area (Å²) in [5, 5.41) is 0. The first-order valence-electron chi connectivity index (χ1n) is 10.0. The van der Waals surface area contributed by atoms with Gasteiger partial charge >= 0.3 is 0 Å².